The molecule has 1 aliphatic carbocycles. The average molecular weight is 240 g/mol. The molecular formula is C8H12N6OS. The molecule has 1 aromatic heterocycles. The van der Waals surface area contributed by atoms with Gasteiger partial charge in [0.05, 0.1) is 17.5 Å². The molecular weight excluding hydrogens is 228 g/mol. The van der Waals surface area contributed by atoms with Gasteiger partial charge in [-0.1, -0.05) is 23.7 Å². The van der Waals surface area contributed by atoms with Gasteiger partial charge in [-0.15, -0.1) is 5.10 Å². The minimum atomic E-state index is -0.714. The first-order chi connectivity index (χ1) is 7.54. The predicted molar refractivity (Wildman–Crippen MR) is 60.5 cm³/mol. The molecule has 2 rings (SSSR count). The standard InChI is InChI=1S/C8H12N6OS/c1-14-12-7(11-13-14)10-6(15)8(5(9)16)3-2-4-8/h2-4H2,1H3,(H2,9,16)(H,10,12,15). The third-order valence-electron chi connectivity index (χ3n) is 2.85. The number of aryl methyl sites for hydroxylation is 1. The summed E-state index contributed by atoms with van der Waals surface area (Å²) in [6.45, 7) is 0. The van der Waals surface area contributed by atoms with E-state index >= 15 is 0 Å². The molecule has 1 heterocycles. The van der Waals surface area contributed by atoms with E-state index in [0.29, 0.717) is 12.8 Å². The van der Waals surface area contributed by atoms with E-state index in [1.54, 1.807) is 7.05 Å². The highest BCUT2D eigenvalue weighted by atomic mass is 32.1. The van der Waals surface area contributed by atoms with Gasteiger partial charge < -0.3 is 5.73 Å². The number of hydrogen-bond acceptors (Lipinski definition) is 5. The lowest BCUT2D eigenvalue weighted by molar-refractivity contribution is -0.125. The van der Waals surface area contributed by atoms with Crippen LogP contribution in [0.5, 0.6) is 0 Å². The number of hydrogen-bond donors (Lipinski definition) is 2. The number of aromatic nitrogens is 4. The summed E-state index contributed by atoms with van der Waals surface area (Å²) in [5.74, 6) is -0.0609. The zero-order valence-corrected chi connectivity index (χ0v) is 9.62. The van der Waals surface area contributed by atoms with Crippen LogP contribution in [0, 0.1) is 5.41 Å². The first-order valence-corrected chi connectivity index (χ1v) is 5.31. The Hall–Kier alpha value is -1.57. The van der Waals surface area contributed by atoms with Crippen molar-refractivity contribution in [1.29, 1.82) is 0 Å². The normalized spacial score (nSPS) is 17.6. The predicted octanol–water partition coefficient (Wildman–Crippen LogP) is -0.395. The van der Waals surface area contributed by atoms with Gasteiger partial charge in [0.1, 0.15) is 0 Å². The molecule has 0 bridgehead atoms. The van der Waals surface area contributed by atoms with Crippen molar-refractivity contribution in [3.05, 3.63) is 0 Å². The van der Waals surface area contributed by atoms with Crippen LogP contribution in [-0.2, 0) is 11.8 Å². The fraction of sp³-hybridized carbons (Fsp3) is 0.625. The minimum absolute atomic E-state index is 0.176. The Kier molecular flexibility index (Phi) is 2.58. The number of rotatable bonds is 3. The second-order valence-corrected chi connectivity index (χ2v) is 4.30. The molecule has 7 nitrogen and oxygen atoms in total. The second-order valence-electron chi connectivity index (χ2n) is 3.86. The van der Waals surface area contributed by atoms with Crippen LogP contribution in [0.1, 0.15) is 19.3 Å². The quantitative estimate of drug-likeness (QED) is 0.698. The number of nitrogens with two attached hydrogens (primary N) is 1. The second kappa shape index (κ2) is 3.78. The Morgan fingerprint density at radius 3 is 2.69 bits per heavy atom. The van der Waals surface area contributed by atoms with Crippen LogP contribution in [-0.4, -0.2) is 31.1 Å². The number of nitrogens with zero attached hydrogens (tertiary/aromatic N) is 4. The molecule has 16 heavy (non-hydrogen) atoms. The van der Waals surface area contributed by atoms with Gasteiger partial charge in [-0.2, -0.15) is 4.80 Å². The number of carbonyl (C=O) groups is 1. The lowest BCUT2D eigenvalue weighted by Crippen LogP contribution is -2.50. The summed E-state index contributed by atoms with van der Waals surface area (Å²) in [5.41, 5.74) is 4.89. The average Bonchev–Trinajstić information content (AvgIpc) is 2.47. The van der Waals surface area contributed by atoms with Crippen LogP contribution in [0.15, 0.2) is 0 Å². The Labute approximate surface area is 97.4 Å². The highest BCUT2D eigenvalue weighted by molar-refractivity contribution is 7.80. The van der Waals surface area contributed by atoms with Crippen molar-refractivity contribution in [2.45, 2.75) is 19.3 Å². The van der Waals surface area contributed by atoms with E-state index in [-0.39, 0.29) is 16.8 Å². The summed E-state index contributed by atoms with van der Waals surface area (Å²) >= 11 is 4.93. The zero-order chi connectivity index (χ0) is 11.8. The largest absolute Gasteiger partial charge is 0.392 e. The third kappa shape index (κ3) is 1.64. The Morgan fingerprint density at radius 1 is 1.62 bits per heavy atom. The molecule has 0 aromatic carbocycles. The van der Waals surface area contributed by atoms with E-state index in [1.165, 1.54) is 4.80 Å². The highest BCUT2D eigenvalue weighted by Gasteiger charge is 2.47. The summed E-state index contributed by atoms with van der Waals surface area (Å²) in [4.78, 5) is 13.5. The van der Waals surface area contributed by atoms with Gasteiger partial charge in [0.15, 0.2) is 0 Å². The van der Waals surface area contributed by atoms with E-state index in [9.17, 15) is 4.79 Å². The molecule has 1 aromatic rings. The molecule has 8 heteroatoms. The van der Waals surface area contributed by atoms with Crippen molar-refractivity contribution in [3.8, 4) is 0 Å². The van der Waals surface area contributed by atoms with Crippen LogP contribution < -0.4 is 11.1 Å². The van der Waals surface area contributed by atoms with Gasteiger partial charge in [0.25, 0.3) is 5.95 Å². The Morgan fingerprint density at radius 2 is 2.31 bits per heavy atom. The first kappa shape index (κ1) is 10.9. The van der Waals surface area contributed by atoms with Crippen molar-refractivity contribution in [2.24, 2.45) is 18.2 Å². The molecule has 1 amide bonds. The van der Waals surface area contributed by atoms with E-state index in [0.717, 1.165) is 6.42 Å². The zero-order valence-electron chi connectivity index (χ0n) is 8.80. The summed E-state index contributed by atoms with van der Waals surface area (Å²) in [6.07, 6.45) is 2.33. The molecule has 3 N–H and O–H groups in total. The maximum Gasteiger partial charge on any atom is 0.270 e. The molecule has 1 fully saturated rings. The van der Waals surface area contributed by atoms with Crippen molar-refractivity contribution < 1.29 is 4.79 Å². The van der Waals surface area contributed by atoms with Crippen molar-refractivity contribution in [3.63, 3.8) is 0 Å². The smallest absolute Gasteiger partial charge is 0.270 e. The fourth-order valence-electron chi connectivity index (χ4n) is 1.67. The molecule has 0 radical (unpaired) electrons. The van der Waals surface area contributed by atoms with Gasteiger partial charge in [-0.05, 0) is 18.1 Å². The summed E-state index contributed by atoms with van der Waals surface area (Å²) in [6, 6.07) is 0. The lowest BCUT2D eigenvalue weighted by Gasteiger charge is -2.38. The van der Waals surface area contributed by atoms with Gasteiger partial charge in [-0.3, -0.25) is 10.1 Å². The van der Waals surface area contributed by atoms with Crippen molar-refractivity contribution >= 4 is 29.1 Å². The Balaban J connectivity index is 2.10. The van der Waals surface area contributed by atoms with Crippen LogP contribution >= 0.6 is 12.2 Å². The van der Waals surface area contributed by atoms with Crippen molar-refractivity contribution in [1.82, 2.24) is 20.2 Å². The molecule has 86 valence electrons. The van der Waals surface area contributed by atoms with E-state index < -0.39 is 5.41 Å². The molecule has 0 aliphatic heterocycles. The van der Waals surface area contributed by atoms with Gasteiger partial charge in [0.2, 0.25) is 5.91 Å². The van der Waals surface area contributed by atoms with Gasteiger partial charge in [0, 0.05) is 0 Å². The molecule has 0 saturated heterocycles. The molecule has 1 aliphatic rings. The molecule has 0 unspecified atom stereocenters. The topological polar surface area (TPSA) is 98.7 Å². The maximum atomic E-state index is 12.0. The number of amides is 1. The van der Waals surface area contributed by atoms with Gasteiger partial charge in [-0.25, -0.2) is 0 Å². The number of carbonyl (C=O) groups excluding carboxylic acids is 1. The van der Waals surface area contributed by atoms with Crippen molar-refractivity contribution in [2.75, 3.05) is 5.32 Å². The van der Waals surface area contributed by atoms with E-state index in [1.807, 2.05) is 0 Å². The first-order valence-electron chi connectivity index (χ1n) is 4.90. The number of thiocarbonyl (C=S) groups is 1. The molecule has 0 spiro atoms. The van der Waals surface area contributed by atoms with E-state index in [2.05, 4.69) is 20.7 Å². The maximum absolute atomic E-state index is 12.0. The Bertz CT molecular complexity index is 437. The summed E-state index contributed by atoms with van der Waals surface area (Å²) < 4.78 is 0. The summed E-state index contributed by atoms with van der Waals surface area (Å²) in [5, 5.41) is 13.7. The van der Waals surface area contributed by atoms with Crippen LogP contribution in [0.3, 0.4) is 0 Å². The summed E-state index contributed by atoms with van der Waals surface area (Å²) in [7, 11) is 1.62. The number of anilines is 1. The van der Waals surface area contributed by atoms with E-state index in [4.69, 9.17) is 18.0 Å². The van der Waals surface area contributed by atoms with Gasteiger partial charge >= 0.3 is 0 Å². The third-order valence-corrected chi connectivity index (χ3v) is 3.24. The van der Waals surface area contributed by atoms with Crippen LogP contribution in [0.2, 0.25) is 0 Å². The lowest BCUT2D eigenvalue weighted by atomic mass is 9.68. The number of nitrogens with one attached hydrogen (secondary N) is 1. The molecule has 1 saturated carbocycles. The minimum Gasteiger partial charge on any atom is -0.392 e. The highest BCUT2D eigenvalue weighted by Crippen LogP contribution is 2.41. The SMILES string of the molecule is Cn1nnc(NC(=O)C2(C(N)=S)CCC2)n1. The fourth-order valence-corrected chi connectivity index (χ4v) is 1.97. The molecule has 0 atom stereocenters. The number of tetrazole rings is 1. The monoisotopic (exact) mass is 240 g/mol. The van der Waals surface area contributed by atoms with Crippen LogP contribution in [0.4, 0.5) is 5.95 Å². The van der Waals surface area contributed by atoms with Crippen LogP contribution in [0.25, 0.3) is 0 Å².